The molecule has 0 unspecified atom stereocenters. The second kappa shape index (κ2) is 10.8. The molecule has 0 bridgehead atoms. The van der Waals surface area contributed by atoms with E-state index >= 15 is 0 Å². The van der Waals surface area contributed by atoms with Crippen LogP contribution in [0.2, 0.25) is 0 Å². The van der Waals surface area contributed by atoms with E-state index in [9.17, 15) is 9.59 Å². The second-order valence-electron chi connectivity index (χ2n) is 6.95. The smallest absolute Gasteiger partial charge is 0.331 e. The van der Waals surface area contributed by atoms with Crippen LogP contribution in [-0.4, -0.2) is 34.9 Å². The number of aromatic nitrogens is 2. The second-order valence-corrected chi connectivity index (χ2v) is 6.95. The highest BCUT2D eigenvalue weighted by Crippen LogP contribution is 2.22. The summed E-state index contributed by atoms with van der Waals surface area (Å²) in [5.74, 6) is -0.336. The Morgan fingerprint density at radius 1 is 1.09 bits per heavy atom. The van der Waals surface area contributed by atoms with Crippen LogP contribution in [-0.2, 0) is 14.3 Å². The summed E-state index contributed by atoms with van der Waals surface area (Å²) in [6.45, 7) is 7.30. The van der Waals surface area contributed by atoms with Crippen molar-refractivity contribution in [1.29, 1.82) is 0 Å². The van der Waals surface area contributed by atoms with Gasteiger partial charge in [-0.2, -0.15) is 5.10 Å². The molecule has 0 aliphatic carbocycles. The summed E-state index contributed by atoms with van der Waals surface area (Å²) in [5, 5.41) is 7.26. The van der Waals surface area contributed by atoms with Gasteiger partial charge in [-0.1, -0.05) is 43.0 Å². The molecule has 3 rings (SSSR count). The normalized spacial score (nSPS) is 10.7. The first-order chi connectivity index (χ1) is 15.5. The summed E-state index contributed by atoms with van der Waals surface area (Å²) < 4.78 is 12.2. The minimum atomic E-state index is -0.611. The Morgan fingerprint density at radius 3 is 2.50 bits per heavy atom. The zero-order valence-electron chi connectivity index (χ0n) is 18.1. The maximum atomic E-state index is 12.3. The lowest BCUT2D eigenvalue weighted by Crippen LogP contribution is -2.20. The monoisotopic (exact) mass is 431 g/mol. The fourth-order valence-corrected chi connectivity index (χ4v) is 3.00. The van der Waals surface area contributed by atoms with E-state index in [1.165, 1.54) is 6.08 Å². The van der Waals surface area contributed by atoms with Gasteiger partial charge in [0.2, 0.25) is 0 Å². The Bertz CT molecular complexity index is 1120. The van der Waals surface area contributed by atoms with Crippen LogP contribution in [0.5, 0.6) is 5.75 Å². The van der Waals surface area contributed by atoms with Gasteiger partial charge < -0.3 is 14.8 Å². The number of benzene rings is 2. The fraction of sp³-hybridized carbons (Fsp3) is 0.160. The Kier molecular flexibility index (Phi) is 7.59. The molecular formula is C25H25N3O4. The lowest BCUT2D eigenvalue weighted by atomic mass is 10.2. The van der Waals surface area contributed by atoms with Gasteiger partial charge in [-0.15, -0.1) is 0 Å². The molecule has 1 aromatic heterocycles. The van der Waals surface area contributed by atoms with Gasteiger partial charge in [0.05, 0.1) is 22.8 Å². The first-order valence-corrected chi connectivity index (χ1v) is 10.1. The predicted molar refractivity (Wildman–Crippen MR) is 124 cm³/mol. The Morgan fingerprint density at radius 2 is 1.81 bits per heavy atom. The van der Waals surface area contributed by atoms with Gasteiger partial charge in [0.25, 0.3) is 5.91 Å². The summed E-state index contributed by atoms with van der Waals surface area (Å²) >= 11 is 0. The van der Waals surface area contributed by atoms with Crippen LogP contribution in [0.3, 0.4) is 0 Å². The maximum absolute atomic E-state index is 12.3. The minimum Gasteiger partial charge on any atom is -0.490 e. The number of ether oxygens (including phenoxy) is 2. The topological polar surface area (TPSA) is 82.4 Å². The minimum absolute atomic E-state index is 0.396. The molecular weight excluding hydrogens is 406 g/mol. The zero-order valence-corrected chi connectivity index (χ0v) is 18.1. The van der Waals surface area contributed by atoms with E-state index in [2.05, 4.69) is 17.0 Å². The van der Waals surface area contributed by atoms with Crippen LogP contribution in [0.25, 0.3) is 11.8 Å². The summed E-state index contributed by atoms with van der Waals surface area (Å²) in [7, 11) is 0. The standard InChI is InChI=1S/C25H25N3O4/c1-4-16-31-22-13-10-20(11-14-22)12-15-24(30)32-17-23(29)26-25-18(2)27-28(19(25)3)21-8-6-5-7-9-21/h4-15H,1,16-17H2,2-3H3,(H,26,29). The molecule has 32 heavy (non-hydrogen) atoms. The van der Waals surface area contributed by atoms with Crippen molar-refractivity contribution < 1.29 is 19.1 Å². The van der Waals surface area contributed by atoms with Crippen molar-refractivity contribution in [2.75, 3.05) is 18.5 Å². The molecule has 0 aliphatic rings. The largest absolute Gasteiger partial charge is 0.490 e. The van der Waals surface area contributed by atoms with E-state index in [1.807, 2.05) is 56.3 Å². The average molecular weight is 431 g/mol. The number of anilines is 1. The van der Waals surface area contributed by atoms with Crippen molar-refractivity contribution in [2.45, 2.75) is 13.8 Å². The molecule has 7 nitrogen and oxygen atoms in total. The van der Waals surface area contributed by atoms with E-state index in [4.69, 9.17) is 9.47 Å². The number of para-hydroxylation sites is 1. The SMILES string of the molecule is C=CCOc1ccc(C=CC(=O)OCC(=O)Nc2c(C)nn(-c3ccccc3)c2C)cc1. The van der Waals surface area contributed by atoms with Crippen LogP contribution in [0.4, 0.5) is 5.69 Å². The number of esters is 1. The molecule has 7 heteroatoms. The number of hydrogen-bond acceptors (Lipinski definition) is 5. The van der Waals surface area contributed by atoms with Gasteiger partial charge in [-0.05, 0) is 49.8 Å². The number of rotatable bonds is 9. The third-order valence-corrected chi connectivity index (χ3v) is 4.56. The van der Waals surface area contributed by atoms with Crippen molar-refractivity contribution in [2.24, 2.45) is 0 Å². The maximum Gasteiger partial charge on any atom is 0.331 e. The van der Waals surface area contributed by atoms with Crippen molar-refractivity contribution >= 4 is 23.6 Å². The van der Waals surface area contributed by atoms with E-state index in [1.54, 1.807) is 29.0 Å². The van der Waals surface area contributed by atoms with Crippen molar-refractivity contribution in [3.05, 3.63) is 90.3 Å². The number of nitrogens with one attached hydrogen (secondary N) is 1. The lowest BCUT2D eigenvalue weighted by Gasteiger charge is -2.07. The molecule has 0 saturated heterocycles. The molecule has 0 spiro atoms. The molecule has 1 amide bonds. The predicted octanol–water partition coefficient (Wildman–Crippen LogP) is 4.25. The third-order valence-electron chi connectivity index (χ3n) is 4.56. The summed E-state index contributed by atoms with van der Waals surface area (Å²) in [5.41, 5.74) is 3.76. The van der Waals surface area contributed by atoms with Crippen LogP contribution in [0, 0.1) is 13.8 Å². The molecule has 3 aromatic rings. The molecule has 0 saturated carbocycles. The number of nitrogens with zero attached hydrogens (tertiary/aromatic N) is 2. The number of carbonyl (C=O) groups excluding carboxylic acids is 2. The van der Waals surface area contributed by atoms with Crippen LogP contribution < -0.4 is 10.1 Å². The highest BCUT2D eigenvalue weighted by atomic mass is 16.5. The number of hydrogen-bond donors (Lipinski definition) is 1. The highest BCUT2D eigenvalue weighted by molar-refractivity contribution is 5.95. The van der Waals surface area contributed by atoms with Gasteiger partial charge in [-0.25, -0.2) is 9.48 Å². The van der Waals surface area contributed by atoms with Crippen LogP contribution in [0.1, 0.15) is 17.0 Å². The van der Waals surface area contributed by atoms with Crippen molar-refractivity contribution in [3.8, 4) is 11.4 Å². The molecule has 164 valence electrons. The summed E-state index contributed by atoms with van der Waals surface area (Å²) in [6.07, 6.45) is 4.55. The summed E-state index contributed by atoms with van der Waals surface area (Å²) in [4.78, 5) is 24.3. The van der Waals surface area contributed by atoms with E-state index in [0.717, 1.165) is 16.9 Å². The molecule has 1 N–H and O–H groups in total. The molecule has 2 aromatic carbocycles. The molecule has 0 aliphatic heterocycles. The molecule has 0 radical (unpaired) electrons. The molecule has 1 heterocycles. The first-order valence-electron chi connectivity index (χ1n) is 10.1. The average Bonchev–Trinajstić information content (AvgIpc) is 3.09. The number of amides is 1. The van der Waals surface area contributed by atoms with Crippen LogP contribution >= 0.6 is 0 Å². The highest BCUT2D eigenvalue weighted by Gasteiger charge is 2.15. The Labute approximate surface area is 187 Å². The van der Waals surface area contributed by atoms with Gasteiger partial charge >= 0.3 is 5.97 Å². The van der Waals surface area contributed by atoms with Gasteiger partial charge in [0.1, 0.15) is 12.4 Å². The first kappa shape index (κ1) is 22.6. The van der Waals surface area contributed by atoms with Gasteiger partial charge in [-0.3, -0.25) is 4.79 Å². The van der Waals surface area contributed by atoms with Gasteiger partial charge in [0.15, 0.2) is 6.61 Å². The van der Waals surface area contributed by atoms with E-state index < -0.39 is 18.5 Å². The number of carbonyl (C=O) groups is 2. The summed E-state index contributed by atoms with van der Waals surface area (Å²) in [6, 6.07) is 16.8. The molecule has 0 fully saturated rings. The van der Waals surface area contributed by atoms with E-state index in [0.29, 0.717) is 23.7 Å². The Balaban J connectivity index is 1.53. The number of aryl methyl sites for hydroxylation is 1. The fourth-order valence-electron chi connectivity index (χ4n) is 3.00. The van der Waals surface area contributed by atoms with E-state index in [-0.39, 0.29) is 0 Å². The zero-order chi connectivity index (χ0) is 22.9. The third kappa shape index (κ3) is 5.95. The van der Waals surface area contributed by atoms with Gasteiger partial charge in [0, 0.05) is 6.08 Å². The quantitative estimate of drug-likeness (QED) is 0.311. The van der Waals surface area contributed by atoms with Crippen LogP contribution in [0.15, 0.2) is 73.3 Å². The van der Waals surface area contributed by atoms with Crippen molar-refractivity contribution in [1.82, 2.24) is 9.78 Å². The Hall–Kier alpha value is -4.13. The molecule has 0 atom stereocenters. The van der Waals surface area contributed by atoms with Crippen molar-refractivity contribution in [3.63, 3.8) is 0 Å². The lowest BCUT2D eigenvalue weighted by molar-refractivity contribution is -0.142.